The zero-order valence-electron chi connectivity index (χ0n) is 28.4. The van der Waals surface area contributed by atoms with Crippen molar-refractivity contribution in [2.45, 2.75) is 132 Å². The Hall–Kier alpha value is -2.17. The number of nitrogens with one attached hydrogen (secondary N) is 2. The maximum atomic E-state index is 13.4. The largest absolute Gasteiger partial charge is 0.335 e. The molecule has 236 valence electrons. The summed E-state index contributed by atoms with van der Waals surface area (Å²) in [7, 11) is 0. The molecule has 43 heavy (non-hydrogen) atoms. The van der Waals surface area contributed by atoms with Gasteiger partial charge in [-0.3, -0.25) is 9.78 Å². The number of nitrogens with zero attached hydrogens (tertiary/aromatic N) is 1. The summed E-state index contributed by atoms with van der Waals surface area (Å²) in [6, 6.07) is 5.76. The van der Waals surface area contributed by atoms with E-state index >= 15 is 0 Å². The highest BCUT2D eigenvalue weighted by molar-refractivity contribution is 6.00. The third-order valence-electron chi connectivity index (χ3n) is 14.6. The molecule has 5 nitrogen and oxygen atoms in total. The number of hydrogen-bond acceptors (Lipinski definition) is 3. The minimum Gasteiger partial charge on any atom is -0.335 e. The maximum Gasteiger partial charge on any atom is 0.315 e. The van der Waals surface area contributed by atoms with E-state index in [-0.39, 0.29) is 45.2 Å². The Labute approximate surface area is 260 Å². The van der Waals surface area contributed by atoms with E-state index in [1.807, 2.05) is 25.1 Å². The molecule has 0 saturated heterocycles. The van der Waals surface area contributed by atoms with Crippen LogP contribution in [0.3, 0.4) is 0 Å². The highest BCUT2D eigenvalue weighted by Gasteiger charge is 2.69. The van der Waals surface area contributed by atoms with Gasteiger partial charge in [-0.15, -0.1) is 0 Å². The SMILES string of the molecule is CC(C)C1=C2[C@H]3CC[C@@H]4[C@@]5(C)CCC(NC(=O)NC(C)c6ccccn6)C(C)(C)[C@@H]5CC[C@@]4(C)[C@]3(C)CC[C@@]2(C)CC1=O. The van der Waals surface area contributed by atoms with E-state index < -0.39 is 0 Å². The minimum absolute atomic E-state index is 0.00794. The second-order valence-electron chi connectivity index (χ2n) is 17.3. The van der Waals surface area contributed by atoms with E-state index in [1.165, 1.54) is 44.1 Å². The predicted octanol–water partition coefficient (Wildman–Crippen LogP) is 8.81. The number of ketones is 1. The van der Waals surface area contributed by atoms with Gasteiger partial charge in [0, 0.05) is 18.7 Å². The van der Waals surface area contributed by atoms with Crippen molar-refractivity contribution in [3.8, 4) is 0 Å². The first-order valence-corrected chi connectivity index (χ1v) is 17.3. The van der Waals surface area contributed by atoms with E-state index in [0.717, 1.165) is 25.0 Å². The van der Waals surface area contributed by atoms with Crippen LogP contribution in [-0.4, -0.2) is 22.8 Å². The van der Waals surface area contributed by atoms with Crippen molar-refractivity contribution in [1.82, 2.24) is 15.6 Å². The number of allylic oxidation sites excluding steroid dienone is 2. The van der Waals surface area contributed by atoms with Crippen LogP contribution >= 0.6 is 0 Å². The number of fused-ring (bicyclic) bond motifs is 7. The third-order valence-corrected chi connectivity index (χ3v) is 14.6. The summed E-state index contributed by atoms with van der Waals surface area (Å²) in [5.41, 5.74) is 4.47. The van der Waals surface area contributed by atoms with Crippen molar-refractivity contribution in [3.05, 3.63) is 41.2 Å². The Morgan fingerprint density at radius 3 is 2.30 bits per heavy atom. The molecule has 0 spiro atoms. The van der Waals surface area contributed by atoms with Crippen LogP contribution in [-0.2, 0) is 4.79 Å². The van der Waals surface area contributed by atoms with Gasteiger partial charge in [0.15, 0.2) is 5.78 Å². The topological polar surface area (TPSA) is 71.1 Å². The van der Waals surface area contributed by atoms with E-state index in [0.29, 0.717) is 29.5 Å². The molecule has 5 aliphatic rings. The summed E-state index contributed by atoms with van der Waals surface area (Å²) in [5, 5.41) is 6.57. The zero-order valence-corrected chi connectivity index (χ0v) is 28.4. The van der Waals surface area contributed by atoms with Crippen LogP contribution in [0.2, 0.25) is 0 Å². The second kappa shape index (κ2) is 10.2. The Morgan fingerprint density at radius 2 is 1.63 bits per heavy atom. The van der Waals surface area contributed by atoms with Crippen LogP contribution in [0, 0.1) is 50.7 Å². The number of carbonyl (C=O) groups excluding carboxylic acids is 2. The fourth-order valence-corrected chi connectivity index (χ4v) is 12.2. The number of amides is 2. The van der Waals surface area contributed by atoms with Crippen molar-refractivity contribution in [2.24, 2.45) is 50.7 Å². The van der Waals surface area contributed by atoms with Crippen LogP contribution in [0.15, 0.2) is 35.5 Å². The van der Waals surface area contributed by atoms with Crippen molar-refractivity contribution in [3.63, 3.8) is 0 Å². The van der Waals surface area contributed by atoms with E-state index in [9.17, 15) is 9.59 Å². The number of aromatic nitrogens is 1. The number of Topliss-reactive ketones (excluding diaryl/α,β-unsaturated/α-hetero) is 1. The average Bonchev–Trinajstić information content (AvgIpc) is 3.21. The fraction of sp³-hybridized carbons (Fsp3) is 0.763. The Bertz CT molecular complexity index is 1320. The molecule has 0 aromatic carbocycles. The number of pyridine rings is 1. The number of hydrogen-bond donors (Lipinski definition) is 2. The first-order chi connectivity index (χ1) is 20.1. The van der Waals surface area contributed by atoms with Crippen LogP contribution in [0.4, 0.5) is 4.79 Å². The number of rotatable bonds is 4. The van der Waals surface area contributed by atoms with E-state index in [4.69, 9.17) is 0 Å². The van der Waals surface area contributed by atoms with Gasteiger partial charge in [0.05, 0.1) is 11.7 Å². The van der Waals surface area contributed by atoms with Gasteiger partial charge in [-0.1, -0.05) is 67.0 Å². The molecule has 6 rings (SSSR count). The highest BCUT2D eigenvalue weighted by Crippen LogP contribution is 2.76. The molecular formula is C38H57N3O2. The first-order valence-electron chi connectivity index (χ1n) is 17.3. The second-order valence-corrected chi connectivity index (χ2v) is 17.3. The summed E-state index contributed by atoms with van der Waals surface area (Å²) in [6.07, 6.45) is 12.1. The van der Waals surface area contributed by atoms with E-state index in [2.05, 4.69) is 71.0 Å². The van der Waals surface area contributed by atoms with Gasteiger partial charge < -0.3 is 10.6 Å². The number of urea groups is 1. The lowest BCUT2D eigenvalue weighted by molar-refractivity contribution is -0.215. The third kappa shape index (κ3) is 4.40. The molecule has 1 heterocycles. The first kappa shape index (κ1) is 30.8. The molecule has 2 unspecified atom stereocenters. The maximum absolute atomic E-state index is 13.4. The van der Waals surface area contributed by atoms with Gasteiger partial charge in [0.25, 0.3) is 0 Å². The summed E-state index contributed by atoms with van der Waals surface area (Å²) in [4.78, 5) is 31.0. The molecular weight excluding hydrogens is 530 g/mol. The monoisotopic (exact) mass is 587 g/mol. The average molecular weight is 588 g/mol. The quantitative estimate of drug-likeness (QED) is 0.370. The van der Waals surface area contributed by atoms with Crippen LogP contribution in [0.1, 0.15) is 132 Å². The van der Waals surface area contributed by atoms with Crippen LogP contribution in [0.5, 0.6) is 0 Å². The van der Waals surface area contributed by atoms with Gasteiger partial charge in [0.2, 0.25) is 0 Å². The Morgan fingerprint density at radius 1 is 0.884 bits per heavy atom. The Balaban J connectivity index is 1.24. The zero-order chi connectivity index (χ0) is 31.2. The lowest BCUT2D eigenvalue weighted by atomic mass is 9.33. The van der Waals surface area contributed by atoms with Gasteiger partial charge in [-0.05, 0) is 127 Å². The minimum atomic E-state index is -0.136. The van der Waals surface area contributed by atoms with Crippen molar-refractivity contribution >= 4 is 11.8 Å². The van der Waals surface area contributed by atoms with Crippen LogP contribution < -0.4 is 10.6 Å². The smallest absolute Gasteiger partial charge is 0.315 e. The van der Waals surface area contributed by atoms with E-state index in [1.54, 1.807) is 11.8 Å². The molecule has 2 amide bonds. The normalized spacial score (nSPS) is 42.4. The lowest BCUT2D eigenvalue weighted by Crippen LogP contribution is -2.67. The molecule has 5 aliphatic carbocycles. The molecule has 9 atom stereocenters. The summed E-state index contributed by atoms with van der Waals surface area (Å²) >= 11 is 0. The fourth-order valence-electron chi connectivity index (χ4n) is 12.2. The molecule has 5 heteroatoms. The van der Waals surface area contributed by atoms with Crippen molar-refractivity contribution < 1.29 is 9.59 Å². The predicted molar refractivity (Wildman–Crippen MR) is 173 cm³/mol. The van der Waals surface area contributed by atoms with Gasteiger partial charge in [0.1, 0.15) is 0 Å². The molecule has 1 aromatic rings. The van der Waals surface area contributed by atoms with Gasteiger partial charge in [-0.2, -0.15) is 0 Å². The molecule has 1 aromatic heterocycles. The summed E-state index contributed by atoms with van der Waals surface area (Å²) in [5.74, 6) is 2.52. The van der Waals surface area contributed by atoms with Crippen molar-refractivity contribution in [2.75, 3.05) is 0 Å². The molecule has 0 aliphatic heterocycles. The highest BCUT2D eigenvalue weighted by atomic mass is 16.2. The molecule has 4 saturated carbocycles. The van der Waals surface area contributed by atoms with Gasteiger partial charge in [-0.25, -0.2) is 4.79 Å². The molecule has 0 bridgehead atoms. The summed E-state index contributed by atoms with van der Waals surface area (Å²) in [6.45, 7) is 21.6. The molecule has 0 radical (unpaired) electrons. The van der Waals surface area contributed by atoms with Gasteiger partial charge >= 0.3 is 6.03 Å². The lowest BCUT2D eigenvalue weighted by Gasteiger charge is -2.72. The number of carbonyl (C=O) groups is 2. The van der Waals surface area contributed by atoms with Crippen LogP contribution in [0.25, 0.3) is 0 Å². The van der Waals surface area contributed by atoms with Crippen molar-refractivity contribution in [1.29, 1.82) is 0 Å². The standard InChI is InChI=1S/C38H57N3O2/c1-23(2)31-27(42)22-35(6)19-20-37(8)25(32(31)35)13-14-29-36(7)17-16-30(34(4,5)28(36)15-18-38(29,37)9)41-33(43)40-24(3)26-12-10-11-21-39-26/h10-12,21,23-25,28-30H,13-20,22H2,1-9H3,(H2,40,41,43)/t24?,25-,28+,29-,30?,35+,36+,37-,38-/m1/s1. The molecule has 4 fully saturated rings. The Kier molecular flexibility index (Phi) is 7.30. The molecule has 2 N–H and O–H groups in total. The summed E-state index contributed by atoms with van der Waals surface area (Å²) < 4.78 is 0.